The van der Waals surface area contributed by atoms with E-state index in [1.807, 2.05) is 31.6 Å². The molecule has 2 aromatic rings. The lowest BCUT2D eigenvalue weighted by molar-refractivity contribution is 0.372. The number of piperazine rings is 1. The summed E-state index contributed by atoms with van der Waals surface area (Å²) >= 11 is 0. The Morgan fingerprint density at radius 3 is 2.68 bits per heavy atom. The first kappa shape index (κ1) is 22.3. The third-order valence-electron chi connectivity index (χ3n) is 5.02. The maximum atomic E-state index is 5.34. The molecule has 6 nitrogen and oxygen atoms in total. The Hall–Kier alpha value is -2.03. The van der Waals surface area contributed by atoms with Crippen LogP contribution in [0.25, 0.3) is 0 Å². The van der Waals surface area contributed by atoms with Gasteiger partial charge in [0.15, 0.2) is 5.96 Å². The molecule has 7 heteroatoms. The predicted molar refractivity (Wildman–Crippen MR) is 126 cm³/mol. The van der Waals surface area contributed by atoms with Crippen LogP contribution in [0.2, 0.25) is 0 Å². The molecule has 0 unspecified atom stereocenters. The summed E-state index contributed by atoms with van der Waals surface area (Å²) in [6.07, 6.45) is 4.74. The lowest BCUT2D eigenvalue weighted by Crippen LogP contribution is -2.52. The third kappa shape index (κ3) is 5.73. The highest BCUT2D eigenvalue weighted by molar-refractivity contribution is 14.0. The SMILES string of the molecule is CN=C(NCCc1ccncc1C)N1CCN(c2cccc(OC)c2)CC1.I. The number of hydrogen-bond donors (Lipinski definition) is 1. The van der Waals surface area contributed by atoms with Crippen molar-refractivity contribution in [2.75, 3.05) is 51.8 Å². The Morgan fingerprint density at radius 1 is 1.21 bits per heavy atom. The number of ether oxygens (including phenoxy) is 1. The fourth-order valence-corrected chi connectivity index (χ4v) is 3.41. The monoisotopic (exact) mass is 495 g/mol. The lowest BCUT2D eigenvalue weighted by Gasteiger charge is -2.37. The summed E-state index contributed by atoms with van der Waals surface area (Å²) in [7, 11) is 3.56. The number of benzene rings is 1. The highest BCUT2D eigenvalue weighted by Crippen LogP contribution is 2.22. The lowest BCUT2D eigenvalue weighted by atomic mass is 10.1. The van der Waals surface area contributed by atoms with E-state index < -0.39 is 0 Å². The summed E-state index contributed by atoms with van der Waals surface area (Å²) < 4.78 is 5.34. The van der Waals surface area contributed by atoms with E-state index in [0.717, 1.165) is 50.9 Å². The molecular weight excluding hydrogens is 465 g/mol. The maximum absolute atomic E-state index is 5.34. The number of rotatable bonds is 5. The Balaban J connectivity index is 0.00000280. The Labute approximate surface area is 185 Å². The zero-order valence-corrected chi connectivity index (χ0v) is 19.2. The molecule has 1 aromatic heterocycles. The number of anilines is 1. The van der Waals surface area contributed by atoms with Gasteiger partial charge >= 0.3 is 0 Å². The summed E-state index contributed by atoms with van der Waals surface area (Å²) in [6.45, 7) is 6.81. The van der Waals surface area contributed by atoms with Crippen molar-refractivity contribution in [3.05, 3.63) is 53.9 Å². The van der Waals surface area contributed by atoms with Crippen LogP contribution in [0.1, 0.15) is 11.1 Å². The second-order valence-corrected chi connectivity index (χ2v) is 6.70. The summed E-state index contributed by atoms with van der Waals surface area (Å²) in [5, 5.41) is 3.50. The van der Waals surface area contributed by atoms with E-state index in [1.165, 1.54) is 16.8 Å². The van der Waals surface area contributed by atoms with Crippen LogP contribution in [-0.4, -0.2) is 62.7 Å². The van der Waals surface area contributed by atoms with Crippen LogP contribution < -0.4 is 15.0 Å². The first-order valence-corrected chi connectivity index (χ1v) is 9.45. The number of methoxy groups -OCH3 is 1. The number of nitrogens with zero attached hydrogens (tertiary/aromatic N) is 4. The third-order valence-corrected chi connectivity index (χ3v) is 5.02. The number of halogens is 1. The average molecular weight is 495 g/mol. The number of aromatic nitrogens is 1. The largest absolute Gasteiger partial charge is 0.497 e. The molecule has 1 fully saturated rings. The number of pyridine rings is 1. The van der Waals surface area contributed by atoms with Crippen LogP contribution in [0.3, 0.4) is 0 Å². The molecular formula is C21H30IN5O. The van der Waals surface area contributed by atoms with E-state index in [1.54, 1.807) is 7.11 Å². The van der Waals surface area contributed by atoms with Crippen molar-refractivity contribution in [1.82, 2.24) is 15.2 Å². The molecule has 152 valence electrons. The first-order valence-electron chi connectivity index (χ1n) is 9.45. The van der Waals surface area contributed by atoms with Crippen molar-refractivity contribution in [2.45, 2.75) is 13.3 Å². The van der Waals surface area contributed by atoms with E-state index in [0.29, 0.717) is 0 Å². The smallest absolute Gasteiger partial charge is 0.193 e. The molecule has 0 atom stereocenters. The van der Waals surface area contributed by atoms with Crippen molar-refractivity contribution in [3.63, 3.8) is 0 Å². The Morgan fingerprint density at radius 2 is 2.00 bits per heavy atom. The van der Waals surface area contributed by atoms with Crippen molar-refractivity contribution < 1.29 is 4.74 Å². The molecule has 28 heavy (non-hydrogen) atoms. The van der Waals surface area contributed by atoms with Gasteiger partial charge in [-0.2, -0.15) is 0 Å². The Kier molecular flexibility index (Phi) is 8.82. The molecule has 1 aromatic carbocycles. The number of guanidine groups is 1. The van der Waals surface area contributed by atoms with Gasteiger partial charge in [0.05, 0.1) is 7.11 Å². The number of aryl methyl sites for hydroxylation is 1. The van der Waals surface area contributed by atoms with Crippen LogP contribution in [0.4, 0.5) is 5.69 Å². The van der Waals surface area contributed by atoms with Crippen molar-refractivity contribution in [2.24, 2.45) is 4.99 Å². The highest BCUT2D eigenvalue weighted by atomic mass is 127. The molecule has 1 saturated heterocycles. The quantitative estimate of drug-likeness (QED) is 0.393. The Bertz CT molecular complexity index is 775. The molecule has 0 amide bonds. The van der Waals surface area contributed by atoms with E-state index in [4.69, 9.17) is 4.74 Å². The van der Waals surface area contributed by atoms with Gasteiger partial charge in [0.2, 0.25) is 0 Å². The molecule has 1 aliphatic heterocycles. The van der Waals surface area contributed by atoms with Crippen molar-refractivity contribution >= 4 is 35.6 Å². The van der Waals surface area contributed by atoms with Gasteiger partial charge in [0.25, 0.3) is 0 Å². The topological polar surface area (TPSA) is 53.0 Å². The first-order chi connectivity index (χ1) is 13.2. The second kappa shape index (κ2) is 11.1. The normalized spacial score (nSPS) is 14.5. The molecule has 0 aliphatic carbocycles. The van der Waals surface area contributed by atoms with E-state index >= 15 is 0 Å². The fraction of sp³-hybridized carbons (Fsp3) is 0.429. The minimum Gasteiger partial charge on any atom is -0.497 e. The summed E-state index contributed by atoms with van der Waals surface area (Å²) in [5.41, 5.74) is 3.78. The van der Waals surface area contributed by atoms with E-state index in [-0.39, 0.29) is 24.0 Å². The minimum absolute atomic E-state index is 0. The summed E-state index contributed by atoms with van der Waals surface area (Å²) in [5.74, 6) is 1.88. The fourth-order valence-electron chi connectivity index (χ4n) is 3.41. The molecule has 0 saturated carbocycles. The number of nitrogens with one attached hydrogen (secondary N) is 1. The zero-order chi connectivity index (χ0) is 19.1. The highest BCUT2D eigenvalue weighted by Gasteiger charge is 2.20. The van der Waals surface area contributed by atoms with Gasteiger partial charge in [-0.25, -0.2) is 0 Å². The van der Waals surface area contributed by atoms with Crippen LogP contribution in [-0.2, 0) is 6.42 Å². The predicted octanol–water partition coefficient (Wildman–Crippen LogP) is 2.96. The van der Waals surface area contributed by atoms with E-state index in [2.05, 4.69) is 50.2 Å². The van der Waals surface area contributed by atoms with Gasteiger partial charge in [-0.3, -0.25) is 9.98 Å². The molecule has 2 heterocycles. The van der Waals surface area contributed by atoms with Crippen LogP contribution in [0.15, 0.2) is 47.7 Å². The summed E-state index contributed by atoms with van der Waals surface area (Å²) in [6, 6.07) is 10.4. The molecule has 3 rings (SSSR count). The van der Waals surface area contributed by atoms with Crippen molar-refractivity contribution in [1.29, 1.82) is 0 Å². The number of hydrogen-bond acceptors (Lipinski definition) is 4. The van der Waals surface area contributed by atoms with Gasteiger partial charge in [-0.1, -0.05) is 6.07 Å². The number of aliphatic imine (C=N–C) groups is 1. The standard InChI is InChI=1S/C21H29N5O.HI/c1-17-16-23-9-7-18(17)8-10-24-21(22-2)26-13-11-25(12-14-26)19-5-4-6-20(15-19)27-3;/h4-7,9,15-16H,8,10-14H2,1-3H3,(H,22,24);1H. The second-order valence-electron chi connectivity index (χ2n) is 6.70. The van der Waals surface area contributed by atoms with Gasteiger partial charge < -0.3 is 19.9 Å². The average Bonchev–Trinajstić information content (AvgIpc) is 2.73. The van der Waals surface area contributed by atoms with Gasteiger partial charge in [-0.05, 0) is 42.7 Å². The minimum atomic E-state index is 0. The van der Waals surface area contributed by atoms with Gasteiger partial charge in [-0.15, -0.1) is 24.0 Å². The van der Waals surface area contributed by atoms with Crippen molar-refractivity contribution in [3.8, 4) is 5.75 Å². The van der Waals surface area contributed by atoms with E-state index in [9.17, 15) is 0 Å². The summed E-state index contributed by atoms with van der Waals surface area (Å²) in [4.78, 5) is 13.4. The molecule has 0 spiro atoms. The molecule has 0 radical (unpaired) electrons. The van der Waals surface area contributed by atoms with Crippen LogP contribution in [0.5, 0.6) is 5.75 Å². The molecule has 0 bridgehead atoms. The molecule has 1 aliphatic rings. The molecule has 1 N–H and O–H groups in total. The maximum Gasteiger partial charge on any atom is 0.193 e. The van der Waals surface area contributed by atoms with Crippen LogP contribution in [0, 0.1) is 6.92 Å². The van der Waals surface area contributed by atoms with Crippen LogP contribution >= 0.6 is 24.0 Å². The van der Waals surface area contributed by atoms with Gasteiger partial charge in [0.1, 0.15) is 5.75 Å². The van der Waals surface area contributed by atoms with Gasteiger partial charge in [0, 0.05) is 63.9 Å². The zero-order valence-electron chi connectivity index (χ0n) is 16.9.